The molecule has 0 aromatic heterocycles. The Labute approximate surface area is 147 Å². The van der Waals surface area contributed by atoms with Gasteiger partial charge in [0.05, 0.1) is 0 Å². The van der Waals surface area contributed by atoms with E-state index in [1.807, 2.05) is 30.3 Å². The van der Waals surface area contributed by atoms with E-state index in [4.69, 9.17) is 4.74 Å². The molecular formula is C20H14F4O2. The molecule has 134 valence electrons. The highest BCUT2D eigenvalue weighted by Gasteiger charge is 2.30. The Balaban J connectivity index is 1.66. The molecule has 3 rings (SSSR count). The summed E-state index contributed by atoms with van der Waals surface area (Å²) in [6, 6.07) is 18.9. The molecule has 0 aliphatic heterocycles. The van der Waals surface area contributed by atoms with E-state index in [0.717, 1.165) is 16.7 Å². The third kappa shape index (κ3) is 4.99. The lowest BCUT2D eigenvalue weighted by molar-refractivity contribution is -0.274. The van der Waals surface area contributed by atoms with E-state index in [9.17, 15) is 17.6 Å². The van der Waals surface area contributed by atoms with E-state index in [0.29, 0.717) is 5.75 Å². The first-order valence-electron chi connectivity index (χ1n) is 7.72. The van der Waals surface area contributed by atoms with Crippen LogP contribution in [0.4, 0.5) is 17.6 Å². The van der Waals surface area contributed by atoms with Gasteiger partial charge in [-0.15, -0.1) is 13.2 Å². The first-order chi connectivity index (χ1) is 12.4. The molecule has 0 saturated carbocycles. The Hall–Kier alpha value is -3.02. The van der Waals surface area contributed by atoms with Gasteiger partial charge in [-0.05, 0) is 59.2 Å². The van der Waals surface area contributed by atoms with Crippen LogP contribution in [0.3, 0.4) is 0 Å². The summed E-state index contributed by atoms with van der Waals surface area (Å²) < 4.78 is 59.2. The van der Waals surface area contributed by atoms with Crippen molar-refractivity contribution in [2.75, 3.05) is 0 Å². The zero-order valence-electron chi connectivity index (χ0n) is 13.5. The van der Waals surface area contributed by atoms with Gasteiger partial charge in [-0.1, -0.05) is 30.3 Å². The van der Waals surface area contributed by atoms with Crippen LogP contribution in [0.1, 0.15) is 5.56 Å². The molecule has 3 aromatic carbocycles. The fourth-order valence-electron chi connectivity index (χ4n) is 2.41. The molecule has 0 radical (unpaired) electrons. The van der Waals surface area contributed by atoms with Gasteiger partial charge in [0, 0.05) is 0 Å². The minimum absolute atomic E-state index is 0.225. The van der Waals surface area contributed by atoms with Crippen molar-refractivity contribution < 1.29 is 27.0 Å². The van der Waals surface area contributed by atoms with Gasteiger partial charge in [0.25, 0.3) is 0 Å². The number of hydrogen-bond donors (Lipinski definition) is 0. The second-order valence-corrected chi connectivity index (χ2v) is 5.52. The zero-order valence-corrected chi connectivity index (χ0v) is 13.5. The molecule has 0 fully saturated rings. The second-order valence-electron chi connectivity index (χ2n) is 5.52. The van der Waals surface area contributed by atoms with Crippen molar-refractivity contribution in [2.24, 2.45) is 0 Å². The van der Waals surface area contributed by atoms with Crippen LogP contribution in [0.15, 0.2) is 72.8 Å². The lowest BCUT2D eigenvalue weighted by Gasteiger charge is -2.11. The largest absolute Gasteiger partial charge is 0.573 e. The van der Waals surface area contributed by atoms with Crippen LogP contribution < -0.4 is 9.47 Å². The van der Waals surface area contributed by atoms with Gasteiger partial charge in [0.2, 0.25) is 0 Å². The molecule has 0 aliphatic carbocycles. The number of rotatable bonds is 5. The lowest BCUT2D eigenvalue weighted by Crippen LogP contribution is -2.16. The normalized spacial score (nSPS) is 11.2. The van der Waals surface area contributed by atoms with Gasteiger partial charge < -0.3 is 9.47 Å². The van der Waals surface area contributed by atoms with Crippen molar-refractivity contribution >= 4 is 0 Å². The monoisotopic (exact) mass is 362 g/mol. The van der Waals surface area contributed by atoms with Crippen molar-refractivity contribution in [1.82, 2.24) is 0 Å². The average molecular weight is 362 g/mol. The average Bonchev–Trinajstić information content (AvgIpc) is 2.60. The standard InChI is InChI=1S/C20H14F4O2/c21-17-6-2-5-16(12-17)15-4-1-3-14(11-15)13-25-18-7-9-19(10-8-18)26-20(22,23)24/h1-12H,13H2. The smallest absolute Gasteiger partial charge is 0.489 e. The van der Waals surface area contributed by atoms with Crippen molar-refractivity contribution in [1.29, 1.82) is 0 Å². The third-order valence-corrected chi connectivity index (χ3v) is 3.55. The molecule has 0 bridgehead atoms. The van der Waals surface area contributed by atoms with Crippen LogP contribution >= 0.6 is 0 Å². The molecular weight excluding hydrogens is 348 g/mol. The van der Waals surface area contributed by atoms with E-state index in [1.54, 1.807) is 6.07 Å². The summed E-state index contributed by atoms with van der Waals surface area (Å²) >= 11 is 0. The molecule has 6 heteroatoms. The molecule has 2 nitrogen and oxygen atoms in total. The van der Waals surface area contributed by atoms with Crippen molar-refractivity contribution in [2.45, 2.75) is 13.0 Å². The summed E-state index contributed by atoms with van der Waals surface area (Å²) in [5.41, 5.74) is 2.45. The highest BCUT2D eigenvalue weighted by atomic mass is 19.4. The predicted octanol–water partition coefficient (Wildman–Crippen LogP) is 5.97. The van der Waals surface area contributed by atoms with Crippen LogP contribution in [0.5, 0.6) is 11.5 Å². The summed E-state index contributed by atoms with van der Waals surface area (Å²) in [4.78, 5) is 0. The fraction of sp³-hybridized carbons (Fsp3) is 0.100. The second kappa shape index (κ2) is 7.47. The number of ether oxygens (including phenoxy) is 2. The van der Waals surface area contributed by atoms with E-state index < -0.39 is 6.36 Å². The van der Waals surface area contributed by atoms with Crippen LogP contribution in [0.25, 0.3) is 11.1 Å². The van der Waals surface area contributed by atoms with E-state index in [2.05, 4.69) is 4.74 Å². The van der Waals surface area contributed by atoms with Crippen LogP contribution in [0.2, 0.25) is 0 Å². The van der Waals surface area contributed by atoms with E-state index >= 15 is 0 Å². The van der Waals surface area contributed by atoms with Gasteiger partial charge in [0.1, 0.15) is 23.9 Å². The van der Waals surface area contributed by atoms with Gasteiger partial charge in [0.15, 0.2) is 0 Å². The molecule has 3 aromatic rings. The first-order valence-corrected chi connectivity index (χ1v) is 7.72. The van der Waals surface area contributed by atoms with Crippen LogP contribution in [-0.4, -0.2) is 6.36 Å². The molecule has 26 heavy (non-hydrogen) atoms. The van der Waals surface area contributed by atoms with E-state index in [1.165, 1.54) is 36.4 Å². The minimum Gasteiger partial charge on any atom is -0.489 e. The summed E-state index contributed by atoms with van der Waals surface area (Å²) in [6.07, 6.45) is -4.72. The molecule has 0 aliphatic rings. The molecule has 0 amide bonds. The molecule has 0 saturated heterocycles. The Kier molecular flexibility index (Phi) is 5.11. The summed E-state index contributed by atoms with van der Waals surface area (Å²) in [7, 11) is 0. The van der Waals surface area contributed by atoms with Gasteiger partial charge >= 0.3 is 6.36 Å². The maximum Gasteiger partial charge on any atom is 0.573 e. The zero-order chi connectivity index (χ0) is 18.6. The van der Waals surface area contributed by atoms with Gasteiger partial charge in [-0.3, -0.25) is 0 Å². The number of alkyl halides is 3. The Bertz CT molecular complexity index is 873. The molecule has 0 heterocycles. The summed E-state index contributed by atoms with van der Waals surface area (Å²) in [5.74, 6) is -0.209. The summed E-state index contributed by atoms with van der Waals surface area (Å²) in [6.45, 7) is 0.225. The number of halogens is 4. The maximum atomic E-state index is 13.4. The quantitative estimate of drug-likeness (QED) is 0.521. The summed E-state index contributed by atoms with van der Waals surface area (Å²) in [5, 5.41) is 0. The van der Waals surface area contributed by atoms with Crippen molar-refractivity contribution in [3.63, 3.8) is 0 Å². The number of benzene rings is 3. The maximum absolute atomic E-state index is 13.4. The highest BCUT2D eigenvalue weighted by molar-refractivity contribution is 5.64. The first kappa shape index (κ1) is 17.8. The topological polar surface area (TPSA) is 18.5 Å². The highest BCUT2D eigenvalue weighted by Crippen LogP contribution is 2.26. The number of hydrogen-bond acceptors (Lipinski definition) is 2. The predicted molar refractivity (Wildman–Crippen MR) is 89.3 cm³/mol. The minimum atomic E-state index is -4.72. The van der Waals surface area contributed by atoms with Crippen molar-refractivity contribution in [3.05, 3.63) is 84.2 Å². The SMILES string of the molecule is Fc1cccc(-c2cccc(COc3ccc(OC(F)(F)F)cc3)c2)c1. The van der Waals surface area contributed by atoms with Gasteiger partial charge in [-0.25, -0.2) is 4.39 Å². The molecule has 0 unspecified atom stereocenters. The fourth-order valence-corrected chi connectivity index (χ4v) is 2.41. The molecule has 0 N–H and O–H groups in total. The van der Waals surface area contributed by atoms with Crippen molar-refractivity contribution in [3.8, 4) is 22.6 Å². The van der Waals surface area contributed by atoms with Crippen LogP contribution in [0, 0.1) is 5.82 Å². The van der Waals surface area contributed by atoms with E-state index in [-0.39, 0.29) is 18.2 Å². The Morgan fingerprint density at radius 1 is 0.731 bits per heavy atom. The third-order valence-electron chi connectivity index (χ3n) is 3.55. The molecule has 0 atom stereocenters. The van der Waals surface area contributed by atoms with Crippen LogP contribution in [-0.2, 0) is 6.61 Å². The van der Waals surface area contributed by atoms with Gasteiger partial charge in [-0.2, -0.15) is 0 Å². The Morgan fingerprint density at radius 2 is 1.35 bits per heavy atom. The Morgan fingerprint density at radius 3 is 2.00 bits per heavy atom. The lowest BCUT2D eigenvalue weighted by atomic mass is 10.0. The molecule has 0 spiro atoms.